The second-order valence-corrected chi connectivity index (χ2v) is 7.17. The Balaban J connectivity index is 2.11. The lowest BCUT2D eigenvalue weighted by atomic mass is 10.1. The highest BCUT2D eigenvalue weighted by atomic mass is 32.2. The van der Waals surface area contributed by atoms with Gasteiger partial charge in [0.1, 0.15) is 5.60 Å². The number of hydrogen-bond acceptors (Lipinski definition) is 6. The van der Waals surface area contributed by atoms with E-state index >= 15 is 0 Å². The fourth-order valence-corrected chi connectivity index (χ4v) is 4.08. The van der Waals surface area contributed by atoms with Crippen LogP contribution in [0, 0.1) is 10.1 Å². The molecule has 20 heavy (non-hydrogen) atoms. The fraction of sp³-hybridized carbons (Fsp3) is 0.417. The number of nitro benzene ring substituents is 1. The van der Waals surface area contributed by atoms with Crippen LogP contribution in [0.1, 0.15) is 23.7 Å². The topological polar surface area (TPSA) is 104 Å². The first-order valence-electron chi connectivity index (χ1n) is 5.89. The number of carbonyl (C=O) groups is 1. The summed E-state index contributed by atoms with van der Waals surface area (Å²) in [5, 5.41) is 10.5. The van der Waals surface area contributed by atoms with Crippen molar-refractivity contribution >= 4 is 21.5 Å². The maximum atomic E-state index is 11.9. The standard InChI is InChI=1S/C12H13NO6S/c1-12(6-7-20(17,18)8-12)19-11(14)9-2-4-10(5-3-9)13(15)16/h2-5H,6-8H2,1H3. The van der Waals surface area contributed by atoms with Crippen molar-refractivity contribution in [1.29, 1.82) is 0 Å². The second-order valence-electron chi connectivity index (χ2n) is 4.99. The highest BCUT2D eigenvalue weighted by molar-refractivity contribution is 7.91. The highest BCUT2D eigenvalue weighted by Crippen LogP contribution is 2.28. The van der Waals surface area contributed by atoms with Gasteiger partial charge < -0.3 is 4.74 Å². The third-order valence-electron chi connectivity index (χ3n) is 3.12. The van der Waals surface area contributed by atoms with Gasteiger partial charge in [0.05, 0.1) is 22.0 Å². The van der Waals surface area contributed by atoms with Crippen molar-refractivity contribution < 1.29 is 22.9 Å². The number of esters is 1. The molecule has 1 aliphatic rings. The predicted octanol–water partition coefficient (Wildman–Crippen LogP) is 1.33. The first-order valence-corrected chi connectivity index (χ1v) is 7.71. The molecule has 0 bridgehead atoms. The van der Waals surface area contributed by atoms with E-state index in [0.717, 1.165) is 0 Å². The number of non-ortho nitro benzene ring substituents is 1. The van der Waals surface area contributed by atoms with Crippen molar-refractivity contribution in [2.24, 2.45) is 0 Å². The van der Waals surface area contributed by atoms with Crippen molar-refractivity contribution in [3.05, 3.63) is 39.9 Å². The summed E-state index contributed by atoms with van der Waals surface area (Å²) in [6, 6.07) is 4.97. The van der Waals surface area contributed by atoms with Gasteiger partial charge >= 0.3 is 5.97 Å². The van der Waals surface area contributed by atoms with Gasteiger partial charge in [0.2, 0.25) is 0 Å². The molecule has 0 spiro atoms. The number of benzene rings is 1. The van der Waals surface area contributed by atoms with Crippen LogP contribution >= 0.6 is 0 Å². The summed E-state index contributed by atoms with van der Waals surface area (Å²) < 4.78 is 28.1. The molecule has 0 amide bonds. The third kappa shape index (κ3) is 3.13. The van der Waals surface area contributed by atoms with Gasteiger partial charge in [0.15, 0.2) is 9.84 Å². The maximum absolute atomic E-state index is 11.9. The van der Waals surface area contributed by atoms with E-state index in [1.807, 2.05) is 0 Å². The van der Waals surface area contributed by atoms with Gasteiger partial charge in [-0.25, -0.2) is 13.2 Å². The molecule has 1 aromatic rings. The minimum absolute atomic E-state index is 0.00294. The molecule has 0 saturated carbocycles. The molecule has 0 aromatic heterocycles. The Kier molecular flexibility index (Phi) is 3.51. The van der Waals surface area contributed by atoms with Gasteiger partial charge in [-0.15, -0.1) is 0 Å². The van der Waals surface area contributed by atoms with E-state index in [0.29, 0.717) is 0 Å². The molecule has 8 heteroatoms. The van der Waals surface area contributed by atoms with Crippen LogP contribution in [0.25, 0.3) is 0 Å². The maximum Gasteiger partial charge on any atom is 0.338 e. The largest absolute Gasteiger partial charge is 0.455 e. The zero-order valence-corrected chi connectivity index (χ0v) is 11.6. The van der Waals surface area contributed by atoms with Crippen molar-refractivity contribution in [1.82, 2.24) is 0 Å². The average Bonchev–Trinajstić information content (AvgIpc) is 2.63. The van der Waals surface area contributed by atoms with E-state index in [9.17, 15) is 23.3 Å². The molecular weight excluding hydrogens is 286 g/mol. The summed E-state index contributed by atoms with van der Waals surface area (Å²) in [6.45, 7) is 1.57. The molecule has 2 rings (SSSR count). The van der Waals surface area contributed by atoms with Crippen LogP contribution in [-0.2, 0) is 14.6 Å². The molecule has 1 aromatic carbocycles. The van der Waals surface area contributed by atoms with E-state index in [-0.39, 0.29) is 29.2 Å². The first kappa shape index (κ1) is 14.4. The molecular formula is C12H13NO6S. The highest BCUT2D eigenvalue weighted by Gasteiger charge is 2.41. The van der Waals surface area contributed by atoms with Gasteiger partial charge in [-0.2, -0.15) is 0 Å². The van der Waals surface area contributed by atoms with Crippen molar-refractivity contribution in [3.63, 3.8) is 0 Å². The van der Waals surface area contributed by atoms with Gasteiger partial charge in [-0.05, 0) is 19.1 Å². The summed E-state index contributed by atoms with van der Waals surface area (Å²) in [6.07, 6.45) is 0.258. The molecule has 1 heterocycles. The van der Waals surface area contributed by atoms with E-state index in [2.05, 4.69) is 0 Å². The summed E-state index contributed by atoms with van der Waals surface area (Å²) in [4.78, 5) is 21.8. The smallest absolute Gasteiger partial charge is 0.338 e. The normalized spacial score (nSPS) is 24.2. The van der Waals surface area contributed by atoms with Crippen LogP contribution in [0.5, 0.6) is 0 Å². The lowest BCUT2D eigenvalue weighted by Gasteiger charge is -2.22. The number of carbonyl (C=O) groups excluding carboxylic acids is 1. The molecule has 0 N–H and O–H groups in total. The second kappa shape index (κ2) is 4.86. The van der Waals surface area contributed by atoms with Gasteiger partial charge in [0.25, 0.3) is 5.69 Å². The van der Waals surface area contributed by atoms with Crippen LogP contribution < -0.4 is 0 Å². The number of nitro groups is 1. The zero-order valence-electron chi connectivity index (χ0n) is 10.7. The van der Waals surface area contributed by atoms with Crippen LogP contribution in [0.15, 0.2) is 24.3 Å². The zero-order chi connectivity index (χ0) is 15.0. The Morgan fingerprint density at radius 2 is 1.95 bits per heavy atom. The third-order valence-corrected chi connectivity index (χ3v) is 5.00. The molecule has 0 aliphatic carbocycles. The number of rotatable bonds is 3. The van der Waals surface area contributed by atoms with Crippen molar-refractivity contribution in [2.75, 3.05) is 11.5 Å². The molecule has 1 fully saturated rings. The minimum atomic E-state index is -3.17. The summed E-state index contributed by atoms with van der Waals surface area (Å²) in [7, 11) is -3.17. The van der Waals surface area contributed by atoms with E-state index in [1.54, 1.807) is 6.92 Å². The fourth-order valence-electron chi connectivity index (χ4n) is 2.06. The van der Waals surface area contributed by atoms with Crippen LogP contribution in [0.4, 0.5) is 5.69 Å². The number of ether oxygens (including phenoxy) is 1. The average molecular weight is 299 g/mol. The van der Waals surface area contributed by atoms with Crippen molar-refractivity contribution in [3.8, 4) is 0 Å². The lowest BCUT2D eigenvalue weighted by Crippen LogP contribution is -2.32. The first-order chi connectivity index (χ1) is 9.21. The van der Waals surface area contributed by atoms with Crippen LogP contribution in [0.3, 0.4) is 0 Å². The van der Waals surface area contributed by atoms with Crippen LogP contribution in [-0.4, -0.2) is 36.4 Å². The van der Waals surface area contributed by atoms with E-state index < -0.39 is 26.3 Å². The Labute approximate surface area is 115 Å². The predicted molar refractivity (Wildman–Crippen MR) is 70.2 cm³/mol. The SMILES string of the molecule is CC1(OC(=O)c2ccc([N+](=O)[O-])cc2)CCS(=O)(=O)C1. The van der Waals surface area contributed by atoms with E-state index in [1.165, 1.54) is 24.3 Å². The Bertz CT molecular complexity index is 651. The van der Waals surface area contributed by atoms with E-state index in [4.69, 9.17) is 4.74 Å². The van der Waals surface area contributed by atoms with Crippen LogP contribution in [0.2, 0.25) is 0 Å². The van der Waals surface area contributed by atoms with Gasteiger partial charge in [0, 0.05) is 18.6 Å². The quantitative estimate of drug-likeness (QED) is 0.474. The summed E-state index contributed by atoms with van der Waals surface area (Å²) in [5.41, 5.74) is -1.00. The number of sulfone groups is 1. The Morgan fingerprint density at radius 1 is 1.35 bits per heavy atom. The Morgan fingerprint density at radius 3 is 2.40 bits per heavy atom. The molecule has 1 unspecified atom stereocenters. The summed E-state index contributed by atoms with van der Waals surface area (Å²) in [5.74, 6) is -0.880. The molecule has 0 radical (unpaired) electrons. The minimum Gasteiger partial charge on any atom is -0.455 e. The number of hydrogen-bond donors (Lipinski definition) is 0. The molecule has 1 atom stereocenters. The molecule has 1 saturated heterocycles. The van der Waals surface area contributed by atoms with Gasteiger partial charge in [-0.3, -0.25) is 10.1 Å². The Hall–Kier alpha value is -1.96. The van der Waals surface area contributed by atoms with Crippen molar-refractivity contribution in [2.45, 2.75) is 18.9 Å². The van der Waals surface area contributed by atoms with Gasteiger partial charge in [-0.1, -0.05) is 0 Å². The number of nitrogens with zero attached hydrogens (tertiary/aromatic N) is 1. The lowest BCUT2D eigenvalue weighted by molar-refractivity contribution is -0.384. The molecule has 1 aliphatic heterocycles. The monoisotopic (exact) mass is 299 g/mol. The molecule has 7 nitrogen and oxygen atoms in total. The summed E-state index contributed by atoms with van der Waals surface area (Å²) >= 11 is 0. The molecule has 108 valence electrons.